The molecule has 11 aromatic carbocycles. The first-order valence-corrected chi connectivity index (χ1v) is 53.3. The second kappa shape index (κ2) is 54.7. The van der Waals surface area contributed by atoms with Gasteiger partial charge in [0.15, 0.2) is 11.7 Å². The molecule has 0 spiro atoms. The summed E-state index contributed by atoms with van der Waals surface area (Å²) in [5.74, 6) is 3.59. The molecule has 0 atom stereocenters. The van der Waals surface area contributed by atoms with Crippen LogP contribution in [0.25, 0.3) is 27.9 Å². The van der Waals surface area contributed by atoms with Gasteiger partial charge in [0.05, 0.1) is 52.2 Å². The van der Waals surface area contributed by atoms with E-state index in [-0.39, 0.29) is 47.9 Å². The molecule has 8 heterocycles. The van der Waals surface area contributed by atoms with Crippen LogP contribution in [0.2, 0.25) is 5.02 Å². The van der Waals surface area contributed by atoms with Gasteiger partial charge in [0.1, 0.15) is 46.9 Å². The summed E-state index contributed by atoms with van der Waals surface area (Å²) in [7, 11) is -0.471. The Morgan fingerprint density at radius 2 is 1.30 bits per heavy atom. The molecule has 3 aliphatic rings. The number of carbonyl (C=O) groups is 3. The lowest BCUT2D eigenvalue weighted by atomic mass is 9.98. The van der Waals surface area contributed by atoms with E-state index in [4.69, 9.17) is 39.7 Å². The molecule has 0 aliphatic carbocycles. The summed E-state index contributed by atoms with van der Waals surface area (Å²) in [6.45, 7) is 14.9. The Hall–Kier alpha value is -14.9. The van der Waals surface area contributed by atoms with E-state index in [0.717, 1.165) is 162 Å². The fourth-order valence-electron chi connectivity index (χ4n) is 16.6. The smallest absolute Gasteiger partial charge is 0.416 e. The van der Waals surface area contributed by atoms with Crippen molar-refractivity contribution >= 4 is 106 Å². The summed E-state index contributed by atoms with van der Waals surface area (Å²) in [5.41, 5.74) is 18.4. The molecule has 0 bridgehead atoms. The molecule has 3 aliphatic heterocycles. The molecule has 0 radical (unpaired) electrons. The summed E-state index contributed by atoms with van der Waals surface area (Å²) in [6, 6.07) is 81.7. The Bertz CT molecular complexity index is 7300. The third kappa shape index (κ3) is 33.3. The van der Waals surface area contributed by atoms with Crippen molar-refractivity contribution in [1.29, 1.82) is 0 Å². The van der Waals surface area contributed by atoms with Crippen LogP contribution in [-0.2, 0) is 90.6 Å². The van der Waals surface area contributed by atoms with Gasteiger partial charge < -0.3 is 48.7 Å². The number of thiophene rings is 2. The van der Waals surface area contributed by atoms with Gasteiger partial charge in [0, 0.05) is 133 Å². The number of aliphatic imine (C=N–C) groups is 1. The van der Waals surface area contributed by atoms with E-state index >= 15 is 0 Å². The number of pyridine rings is 1. The predicted octanol–water partition coefficient (Wildman–Crippen LogP) is 26.4. The van der Waals surface area contributed by atoms with Gasteiger partial charge in [-0.15, -0.1) is 44.2 Å². The first-order valence-electron chi connectivity index (χ1n) is 48.8. The van der Waals surface area contributed by atoms with Crippen molar-refractivity contribution in [1.82, 2.24) is 40.6 Å². The number of ether oxygens (including phenoxy) is 5. The molecule has 0 fully saturated rings. The van der Waals surface area contributed by atoms with Crippen molar-refractivity contribution in [3.8, 4) is 46.0 Å². The number of esters is 1. The molecule has 5 aromatic heterocycles. The first kappa shape index (κ1) is 110. The lowest BCUT2D eigenvalue weighted by Crippen LogP contribution is -2.30. The highest BCUT2D eigenvalue weighted by Gasteiger charge is 2.32. The molecule has 2 amide bonds. The van der Waals surface area contributed by atoms with E-state index in [1.165, 1.54) is 91.9 Å². The van der Waals surface area contributed by atoms with Crippen LogP contribution < -0.4 is 39.0 Å². The first-order chi connectivity index (χ1) is 72.1. The molecule has 0 saturated carbocycles. The maximum absolute atomic E-state index is 14.0. The normalized spacial score (nSPS) is 12.3. The standard InChI is InChI=1S/C24H26ClFO3S.C21H17N3O4S2.C20H17N3O.C20H22N2O2.C18H18F3NO.C15H17NOS/c1-16-11-12-30-24(16)10-5-4-7-18-22(27-2)13-17(14-23(18)28-3)29-15-19-20(25)8-6-9-21(19)26;1-14-3-2-4-17-18(9-10-22-20(14)17)28-19(25)13-15-5-7-16(8-6-15)30(26,27)24-21-23-11-12-29-21;1-3-7-16(8-4-1)15-23-13-11-18(12-14-23)20-22-21-19(24-20)17-9-5-2-6-10-17;1-14-7-8-18(11-15(14)2)24-13-20(23)21-10-9-17-12-16-5-3-4-6-19(16)22-17;1-12-6-13(8-16(7-12)18(19,20)21)10-22-5-4-14-9-17(23)3-2-15(14)11-22;17-15(14-10-6-12-18-14)16-11-5-4-9-13-7-2-1-3-8-13/h6,8-9,11-14H,4-5,7,10,15H2,1-3H3;2-12H,13H2,1H3,(H,23,24);1-13H,14-15H2;3-8,11H,9-10,12-13H2,1-2H3,(H,21,23);2-3,6-9,23H,4-5,10-11H2,1H3;1-3,6-8,10,12H,4-5,9,11H2,(H,16,17). The minimum atomic E-state index is -4.31. The van der Waals surface area contributed by atoms with E-state index in [9.17, 15) is 45.5 Å². The fourth-order valence-corrected chi connectivity index (χ4v) is 20.2. The zero-order valence-electron chi connectivity index (χ0n) is 83.8. The number of allylic oxidation sites excluding steroid dienone is 2. The number of rotatable bonds is 34. The number of hydrogen-bond acceptors (Lipinski definition) is 22. The van der Waals surface area contributed by atoms with Gasteiger partial charge >= 0.3 is 12.1 Å². The average Bonchev–Trinajstić information content (AvgIpc) is 1.83. The molecule has 0 saturated heterocycles. The molecular formula is C118H117ClF4N10O12S4. The average molecular weight is 2110 g/mol. The molecule has 770 valence electrons. The van der Waals surface area contributed by atoms with Crippen molar-refractivity contribution in [3.63, 3.8) is 0 Å². The highest BCUT2D eigenvalue weighted by Crippen LogP contribution is 2.39. The summed E-state index contributed by atoms with van der Waals surface area (Å²) < 4.78 is 114. The summed E-state index contributed by atoms with van der Waals surface area (Å²) in [6.07, 6.45) is 14.7. The molecule has 31 heteroatoms. The van der Waals surface area contributed by atoms with Gasteiger partial charge in [0.25, 0.3) is 21.8 Å². The lowest BCUT2D eigenvalue weighted by Gasteiger charge is -2.29. The number of methoxy groups -OCH3 is 2. The van der Waals surface area contributed by atoms with Crippen molar-refractivity contribution < 1.29 is 73.6 Å². The summed E-state index contributed by atoms with van der Waals surface area (Å²) in [4.78, 5) is 55.5. The maximum Gasteiger partial charge on any atom is 0.416 e. The predicted molar refractivity (Wildman–Crippen MR) is 584 cm³/mol. The minimum Gasteiger partial charge on any atom is -0.508 e. The number of aromatic nitrogens is 4. The van der Waals surface area contributed by atoms with Crippen LogP contribution in [0, 0.1) is 40.4 Å². The van der Waals surface area contributed by atoms with E-state index in [2.05, 4.69) is 142 Å². The van der Waals surface area contributed by atoms with Crippen molar-refractivity contribution in [2.75, 3.05) is 51.7 Å². The number of halogens is 5. The third-order valence-corrected chi connectivity index (χ3v) is 29.0. The van der Waals surface area contributed by atoms with Gasteiger partial charge in [-0.1, -0.05) is 175 Å². The number of nitrogens with zero attached hydrogens (tertiary/aromatic N) is 7. The number of fused-ring (bicyclic) bond motifs is 3. The zero-order valence-corrected chi connectivity index (χ0v) is 87.8. The van der Waals surface area contributed by atoms with Gasteiger partial charge in [-0.2, -0.15) is 13.2 Å². The van der Waals surface area contributed by atoms with Crippen molar-refractivity contribution in [2.24, 2.45) is 4.99 Å². The fraction of sp³-hybridized carbons (Fsp3) is 0.237. The van der Waals surface area contributed by atoms with Gasteiger partial charge in [0.2, 0.25) is 11.8 Å². The Morgan fingerprint density at radius 1 is 0.570 bits per heavy atom. The second-order valence-electron chi connectivity index (χ2n) is 35.6. The number of aryl methyl sites for hydroxylation is 7. The van der Waals surface area contributed by atoms with Gasteiger partial charge in [-0.25, -0.2) is 17.8 Å². The molecule has 19 rings (SSSR count). The number of aromatic hydroxyl groups is 1. The summed E-state index contributed by atoms with van der Waals surface area (Å²) in [5, 5.41) is 30.8. The van der Waals surface area contributed by atoms with Crippen LogP contribution in [-0.4, -0.2) is 114 Å². The largest absolute Gasteiger partial charge is 0.508 e. The number of thiazole rings is 1. The van der Waals surface area contributed by atoms with Crippen molar-refractivity contribution in [3.05, 3.63) is 424 Å². The van der Waals surface area contributed by atoms with Gasteiger partial charge in [-0.05, 0) is 267 Å². The minimum absolute atomic E-state index is 0.00979. The zero-order chi connectivity index (χ0) is 105. The van der Waals surface area contributed by atoms with E-state index in [1.54, 1.807) is 75.2 Å². The Kier molecular flexibility index (Phi) is 40.3. The number of nitrogens with one attached hydrogen (secondary N) is 3. The maximum atomic E-state index is 14.0. The molecule has 149 heavy (non-hydrogen) atoms. The number of alkyl halides is 3. The Labute approximate surface area is 883 Å². The highest BCUT2D eigenvalue weighted by molar-refractivity contribution is 7.93. The quantitative estimate of drug-likeness (QED) is 0.0166. The SMILES string of the molecule is C1=CN(Cc2ccccc2)CC=C1c1nnc(-c2ccccc2)o1.COc1cc(OCc2c(F)cccc2Cl)cc(OC)c1CCCCc1sccc1C.Cc1cc(CN2CCc3cc(O)ccc3C2)cc(C(F)(F)F)c1.Cc1ccc(OCC(=O)NCCC2=Nc3ccccc3C2)cc1C.Cc1cccc2c(OC(=O)Cc3ccc(S(=O)(=O)Nc4nccs4)cc3)ccnc12.O=C(NCCCCc1ccccc1)c1cccs1. The molecule has 0 unspecified atom stereocenters. The third-order valence-electron chi connectivity index (χ3n) is 24.6. The number of carbonyl (C=O) groups excluding carboxylic acids is 3. The van der Waals surface area contributed by atoms with Crippen LogP contribution in [0.5, 0.6) is 34.5 Å². The molecule has 16 aromatic rings. The lowest BCUT2D eigenvalue weighted by molar-refractivity contribution is -0.137. The Balaban J connectivity index is 0.000000142. The highest BCUT2D eigenvalue weighted by atomic mass is 35.5. The van der Waals surface area contributed by atoms with Crippen molar-refractivity contribution in [2.45, 2.75) is 143 Å². The van der Waals surface area contributed by atoms with Crippen LogP contribution in [0.3, 0.4) is 0 Å². The number of para-hydroxylation sites is 2. The molecular weight excluding hydrogens is 1990 g/mol. The van der Waals surface area contributed by atoms with Gasteiger partial charge in [-0.3, -0.25) is 34.0 Å². The number of hydrogen-bond donors (Lipinski definition) is 4. The topological polar surface area (TPSA) is 271 Å². The monoisotopic (exact) mass is 2100 g/mol. The number of benzene rings is 11. The number of unbranched alkanes of at least 4 members (excludes halogenated alkanes) is 2. The van der Waals surface area contributed by atoms with Crippen LogP contribution in [0.1, 0.15) is 136 Å². The number of phenols is 1. The summed E-state index contributed by atoms with van der Waals surface area (Å²) >= 11 is 10.6. The van der Waals surface area contributed by atoms with E-state index < -0.39 is 27.7 Å². The van der Waals surface area contributed by atoms with Crippen LogP contribution >= 0.6 is 45.6 Å². The molecule has 22 nitrogen and oxygen atoms in total. The van der Waals surface area contributed by atoms with Crippen LogP contribution in [0.4, 0.5) is 28.4 Å². The number of anilines is 1. The number of sulfonamides is 1. The van der Waals surface area contributed by atoms with Crippen LogP contribution in [0.15, 0.2) is 328 Å². The van der Waals surface area contributed by atoms with E-state index in [0.29, 0.717) is 86.8 Å². The number of amides is 2. The molecule has 4 N–H and O–H groups in total. The van der Waals surface area contributed by atoms with E-state index in [1.807, 2.05) is 170 Å². The second-order valence-corrected chi connectivity index (χ2v) is 40.6. The Morgan fingerprint density at radius 3 is 2.00 bits per heavy atom. The number of phenolic OH excluding ortho intramolecular Hbond substituents is 1.